The zero-order valence-corrected chi connectivity index (χ0v) is 8.88. The third-order valence-electron chi connectivity index (χ3n) is 2.45. The molecule has 0 aliphatic carbocycles. The molecule has 0 aromatic heterocycles. The average Bonchev–Trinajstić information content (AvgIpc) is 2.15. The molecule has 0 spiro atoms. The summed E-state index contributed by atoms with van der Waals surface area (Å²) in [6.07, 6.45) is 4.47. The van der Waals surface area contributed by atoms with Crippen molar-refractivity contribution in [3.8, 4) is 0 Å². The number of rotatable bonds is 3. The maximum absolute atomic E-state index is 5.63. The molecule has 2 heteroatoms. The summed E-state index contributed by atoms with van der Waals surface area (Å²) in [5.41, 5.74) is 1.22. The highest BCUT2D eigenvalue weighted by molar-refractivity contribution is 4.87. The maximum Gasteiger partial charge on any atom is 0.0980 e. The Labute approximate surface area is 80.9 Å². The molecule has 1 unspecified atom stereocenters. The molecule has 1 aliphatic heterocycles. The SMILES string of the molecule is CC(C)=COC(C)C1CCOCC1. The number of ether oxygens (including phenoxy) is 2. The molecule has 1 aliphatic rings. The maximum atomic E-state index is 5.63. The van der Waals surface area contributed by atoms with E-state index in [4.69, 9.17) is 9.47 Å². The topological polar surface area (TPSA) is 18.5 Å². The summed E-state index contributed by atoms with van der Waals surface area (Å²) in [5, 5.41) is 0. The molecule has 0 aromatic carbocycles. The van der Waals surface area contributed by atoms with Crippen LogP contribution in [0.3, 0.4) is 0 Å². The smallest absolute Gasteiger partial charge is 0.0980 e. The van der Waals surface area contributed by atoms with Crippen LogP contribution in [0.4, 0.5) is 0 Å². The quantitative estimate of drug-likeness (QED) is 0.628. The standard InChI is InChI=1S/C11H20O2/c1-9(2)8-13-10(3)11-4-6-12-7-5-11/h8,10-11H,4-7H2,1-3H3. The molecule has 13 heavy (non-hydrogen) atoms. The van der Waals surface area contributed by atoms with Gasteiger partial charge in [-0.2, -0.15) is 0 Å². The first kappa shape index (κ1) is 10.6. The molecule has 1 saturated heterocycles. The molecule has 0 saturated carbocycles. The van der Waals surface area contributed by atoms with Gasteiger partial charge in [0.05, 0.1) is 12.4 Å². The van der Waals surface area contributed by atoms with Crippen LogP contribution < -0.4 is 0 Å². The molecule has 0 amide bonds. The molecular formula is C11H20O2. The molecule has 0 radical (unpaired) electrons. The van der Waals surface area contributed by atoms with Gasteiger partial charge in [-0.15, -0.1) is 0 Å². The summed E-state index contributed by atoms with van der Waals surface area (Å²) in [7, 11) is 0. The van der Waals surface area contributed by atoms with Crippen LogP contribution in [-0.4, -0.2) is 19.3 Å². The minimum atomic E-state index is 0.332. The van der Waals surface area contributed by atoms with Crippen molar-refractivity contribution < 1.29 is 9.47 Å². The van der Waals surface area contributed by atoms with Gasteiger partial charge in [-0.05, 0) is 45.1 Å². The molecule has 1 atom stereocenters. The first-order valence-corrected chi connectivity index (χ1v) is 5.06. The summed E-state index contributed by atoms with van der Waals surface area (Å²) in [6, 6.07) is 0. The van der Waals surface area contributed by atoms with Crippen LogP contribution in [0.15, 0.2) is 11.8 Å². The van der Waals surface area contributed by atoms with Gasteiger partial charge in [0, 0.05) is 13.2 Å². The Bertz CT molecular complexity index is 165. The lowest BCUT2D eigenvalue weighted by atomic mass is 9.95. The molecule has 1 rings (SSSR count). The summed E-state index contributed by atoms with van der Waals surface area (Å²) < 4.78 is 10.9. The Morgan fingerprint density at radius 3 is 2.54 bits per heavy atom. The van der Waals surface area contributed by atoms with Crippen LogP contribution in [0.25, 0.3) is 0 Å². The van der Waals surface area contributed by atoms with E-state index in [9.17, 15) is 0 Å². The second kappa shape index (κ2) is 5.28. The first-order valence-electron chi connectivity index (χ1n) is 5.06. The minimum absolute atomic E-state index is 0.332. The van der Waals surface area contributed by atoms with Crippen molar-refractivity contribution in [2.75, 3.05) is 13.2 Å². The van der Waals surface area contributed by atoms with E-state index >= 15 is 0 Å². The van der Waals surface area contributed by atoms with Gasteiger partial charge in [0.2, 0.25) is 0 Å². The third kappa shape index (κ3) is 3.81. The van der Waals surface area contributed by atoms with Crippen LogP contribution in [0, 0.1) is 5.92 Å². The van der Waals surface area contributed by atoms with Gasteiger partial charge in [-0.3, -0.25) is 0 Å². The highest BCUT2D eigenvalue weighted by Crippen LogP contribution is 2.21. The normalized spacial score (nSPS) is 20.8. The molecule has 76 valence electrons. The second-order valence-electron chi connectivity index (χ2n) is 3.99. The second-order valence-corrected chi connectivity index (χ2v) is 3.99. The number of hydrogen-bond donors (Lipinski definition) is 0. The van der Waals surface area contributed by atoms with Crippen LogP contribution in [-0.2, 0) is 9.47 Å². The minimum Gasteiger partial charge on any atom is -0.498 e. The van der Waals surface area contributed by atoms with E-state index in [1.807, 2.05) is 6.26 Å². The van der Waals surface area contributed by atoms with E-state index in [0.717, 1.165) is 26.1 Å². The highest BCUT2D eigenvalue weighted by Gasteiger charge is 2.20. The highest BCUT2D eigenvalue weighted by atomic mass is 16.5. The van der Waals surface area contributed by atoms with E-state index in [1.54, 1.807) is 0 Å². The molecule has 0 N–H and O–H groups in total. The molecule has 0 bridgehead atoms. The van der Waals surface area contributed by atoms with Gasteiger partial charge in [-0.25, -0.2) is 0 Å². The van der Waals surface area contributed by atoms with Crippen molar-refractivity contribution in [2.45, 2.75) is 39.7 Å². The Morgan fingerprint density at radius 1 is 1.38 bits per heavy atom. The zero-order chi connectivity index (χ0) is 9.68. The van der Waals surface area contributed by atoms with E-state index in [0.29, 0.717) is 12.0 Å². The van der Waals surface area contributed by atoms with Gasteiger partial charge >= 0.3 is 0 Å². The lowest BCUT2D eigenvalue weighted by Crippen LogP contribution is -2.26. The lowest BCUT2D eigenvalue weighted by molar-refractivity contribution is 0.00847. The Hall–Kier alpha value is -0.500. The summed E-state index contributed by atoms with van der Waals surface area (Å²) in [5.74, 6) is 0.671. The largest absolute Gasteiger partial charge is 0.498 e. The predicted octanol–water partition coefficient (Wildman–Crippen LogP) is 2.74. The monoisotopic (exact) mass is 184 g/mol. The van der Waals surface area contributed by atoms with E-state index in [-0.39, 0.29) is 0 Å². The van der Waals surface area contributed by atoms with Gasteiger partial charge in [0.25, 0.3) is 0 Å². The first-order chi connectivity index (χ1) is 6.20. The average molecular weight is 184 g/mol. The third-order valence-corrected chi connectivity index (χ3v) is 2.45. The van der Waals surface area contributed by atoms with Gasteiger partial charge in [-0.1, -0.05) is 0 Å². The molecule has 0 aromatic rings. The van der Waals surface area contributed by atoms with E-state index in [1.165, 1.54) is 5.57 Å². The fourth-order valence-corrected chi connectivity index (χ4v) is 1.54. The van der Waals surface area contributed by atoms with E-state index in [2.05, 4.69) is 20.8 Å². The van der Waals surface area contributed by atoms with Crippen LogP contribution in [0.5, 0.6) is 0 Å². The van der Waals surface area contributed by atoms with Crippen molar-refractivity contribution in [3.05, 3.63) is 11.8 Å². The van der Waals surface area contributed by atoms with Crippen molar-refractivity contribution in [2.24, 2.45) is 5.92 Å². The molecule has 2 nitrogen and oxygen atoms in total. The fourth-order valence-electron chi connectivity index (χ4n) is 1.54. The van der Waals surface area contributed by atoms with E-state index < -0.39 is 0 Å². The zero-order valence-electron chi connectivity index (χ0n) is 8.88. The number of allylic oxidation sites excluding steroid dienone is 1. The van der Waals surface area contributed by atoms with Gasteiger partial charge < -0.3 is 9.47 Å². The summed E-state index contributed by atoms with van der Waals surface area (Å²) >= 11 is 0. The van der Waals surface area contributed by atoms with Crippen molar-refractivity contribution in [1.82, 2.24) is 0 Å². The summed E-state index contributed by atoms with van der Waals surface area (Å²) in [6.45, 7) is 8.04. The fraction of sp³-hybridized carbons (Fsp3) is 0.818. The molecule has 1 heterocycles. The summed E-state index contributed by atoms with van der Waals surface area (Å²) in [4.78, 5) is 0. The van der Waals surface area contributed by atoms with Gasteiger partial charge in [0.15, 0.2) is 0 Å². The lowest BCUT2D eigenvalue weighted by Gasteiger charge is -2.27. The van der Waals surface area contributed by atoms with Crippen LogP contribution in [0.2, 0.25) is 0 Å². The van der Waals surface area contributed by atoms with Crippen molar-refractivity contribution in [1.29, 1.82) is 0 Å². The van der Waals surface area contributed by atoms with Crippen molar-refractivity contribution in [3.63, 3.8) is 0 Å². The number of hydrogen-bond acceptors (Lipinski definition) is 2. The molecular weight excluding hydrogens is 164 g/mol. The van der Waals surface area contributed by atoms with Crippen LogP contribution in [0.1, 0.15) is 33.6 Å². The molecule has 1 fully saturated rings. The Balaban J connectivity index is 2.28. The predicted molar refractivity (Wildman–Crippen MR) is 53.5 cm³/mol. The van der Waals surface area contributed by atoms with Crippen LogP contribution >= 0.6 is 0 Å². The van der Waals surface area contributed by atoms with Crippen molar-refractivity contribution >= 4 is 0 Å². The Morgan fingerprint density at radius 2 is 2.00 bits per heavy atom. The van der Waals surface area contributed by atoms with Gasteiger partial charge in [0.1, 0.15) is 0 Å². The Kier molecular flexibility index (Phi) is 4.29.